The number of aliphatic hydroxyl groups is 1. The molecule has 3 aliphatic heterocycles. The lowest BCUT2D eigenvalue weighted by molar-refractivity contribution is -0.172. The summed E-state index contributed by atoms with van der Waals surface area (Å²) in [7, 11) is 0. The van der Waals surface area contributed by atoms with Gasteiger partial charge in [-0.1, -0.05) is 38.1 Å². The number of aromatic nitrogens is 5. The molecule has 84 heavy (non-hydrogen) atoms. The van der Waals surface area contributed by atoms with E-state index >= 15 is 4.39 Å². The van der Waals surface area contributed by atoms with E-state index in [9.17, 15) is 48.3 Å². The van der Waals surface area contributed by atoms with Crippen molar-refractivity contribution < 1.29 is 66.8 Å². The summed E-state index contributed by atoms with van der Waals surface area (Å²) in [5.41, 5.74) is 2.19. The second-order valence-corrected chi connectivity index (χ2v) is 21.4. The highest BCUT2D eigenvalue weighted by Crippen LogP contribution is 2.46. The van der Waals surface area contributed by atoms with E-state index < -0.39 is 71.0 Å². The van der Waals surface area contributed by atoms with Crippen LogP contribution in [0.15, 0.2) is 59.5 Å². The molecule has 0 saturated carbocycles. The van der Waals surface area contributed by atoms with Gasteiger partial charge in [-0.05, 0) is 79.5 Å². The number of alkyl carbamates (subject to hydrolysis) is 1. The number of nitrogens with zero attached hydrogens (tertiary/aromatic N) is 6. The highest BCUT2D eigenvalue weighted by Gasteiger charge is 2.46. The van der Waals surface area contributed by atoms with Crippen molar-refractivity contribution in [3.63, 3.8) is 0 Å². The third-order valence-corrected chi connectivity index (χ3v) is 15.4. The lowest BCUT2D eigenvalue weighted by Gasteiger charge is -2.31. The highest BCUT2D eigenvalue weighted by atomic mass is 19.1. The largest absolute Gasteiger partial charge is 0.458 e. The normalized spacial score (nSPS) is 17.7. The number of rotatable bonds is 24. The number of benzene rings is 2. The fourth-order valence-corrected chi connectivity index (χ4v) is 10.8. The van der Waals surface area contributed by atoms with Crippen molar-refractivity contribution in [2.75, 3.05) is 44.8 Å². The van der Waals surface area contributed by atoms with Crippen molar-refractivity contribution in [1.82, 2.24) is 50.7 Å². The average molecular weight is 1160 g/mol. The number of hydrogen-bond donors (Lipinski definition) is 6. The van der Waals surface area contributed by atoms with Crippen LogP contribution >= 0.6 is 0 Å². The number of fused-ring (bicyclic) bond motifs is 5. The Hall–Kier alpha value is -8.75. The second-order valence-electron chi connectivity index (χ2n) is 21.4. The molecular weight excluding hydrogens is 1090 g/mol. The van der Waals surface area contributed by atoms with Gasteiger partial charge in [0, 0.05) is 72.9 Å². The van der Waals surface area contributed by atoms with Crippen LogP contribution in [0.25, 0.3) is 22.3 Å². The Labute approximate surface area is 481 Å². The Balaban J connectivity index is 0.896. The fraction of sp³-hybridized carbons (Fsp3) is 0.448. The molecule has 26 heteroatoms. The minimum Gasteiger partial charge on any atom is -0.458 e. The van der Waals surface area contributed by atoms with E-state index in [1.54, 1.807) is 64.2 Å². The van der Waals surface area contributed by atoms with Crippen molar-refractivity contribution >= 4 is 64.1 Å². The van der Waals surface area contributed by atoms with E-state index in [2.05, 4.69) is 36.9 Å². The van der Waals surface area contributed by atoms with Crippen LogP contribution < -0.4 is 32.1 Å². The smallest absolute Gasteiger partial charge is 0.408 e. The molecular formula is C58H66FN11O14. The van der Waals surface area contributed by atoms with Gasteiger partial charge in [0.2, 0.25) is 23.6 Å². The van der Waals surface area contributed by atoms with Gasteiger partial charge in [-0.2, -0.15) is 0 Å². The Bertz CT molecular complexity index is 3530. The number of imide groups is 1. The Morgan fingerprint density at radius 3 is 2.35 bits per heavy atom. The van der Waals surface area contributed by atoms with Gasteiger partial charge in [-0.3, -0.25) is 43.1 Å². The molecule has 7 amide bonds. The van der Waals surface area contributed by atoms with Crippen LogP contribution in [0, 0.1) is 18.7 Å². The topological polar surface area (TPSA) is 323 Å². The monoisotopic (exact) mass is 1160 g/mol. The quantitative estimate of drug-likeness (QED) is 0.0288. The molecule has 0 fully saturated rings. The number of esters is 1. The van der Waals surface area contributed by atoms with E-state index in [-0.39, 0.29) is 119 Å². The molecule has 4 aliphatic rings. The molecule has 0 saturated heterocycles. The number of amides is 7. The number of ether oxygens (including phenoxy) is 4. The van der Waals surface area contributed by atoms with Gasteiger partial charge >= 0.3 is 12.1 Å². The number of aryl methyl sites for hydroxylation is 1. The molecule has 2 aromatic carbocycles. The summed E-state index contributed by atoms with van der Waals surface area (Å²) in [6.45, 7) is 10.5. The highest BCUT2D eigenvalue weighted by molar-refractivity contribution is 6.12. The summed E-state index contributed by atoms with van der Waals surface area (Å²) in [4.78, 5) is 122. The summed E-state index contributed by atoms with van der Waals surface area (Å²) in [5, 5.41) is 34.6. The van der Waals surface area contributed by atoms with Gasteiger partial charge < -0.3 is 55.2 Å². The molecule has 25 nitrogen and oxygen atoms in total. The van der Waals surface area contributed by atoms with Crippen molar-refractivity contribution in [3.05, 3.63) is 116 Å². The van der Waals surface area contributed by atoms with Gasteiger partial charge in [0.1, 0.15) is 30.6 Å². The third kappa shape index (κ3) is 12.7. The first-order chi connectivity index (χ1) is 40.1. The van der Waals surface area contributed by atoms with Crippen LogP contribution in [0.4, 0.5) is 14.9 Å². The SMILES string of the molecule is CCC1(O)C(=O)OCc2c1cc1n(c2=O)Cc2c-1nc1cc(F)c(C)c3c1c2[C@@H](NC(=O)OC(Cc1cn(CCNC(=O)CCOCCOCCN2C(=O)C=CC2=O)nn1)c1ccc(NC(=O)[C@H](C)NC(=O)[C@H](NC(C)=O)C(C)C)cc1)CC3. The zero-order valence-electron chi connectivity index (χ0n) is 47.3. The molecule has 1 aliphatic carbocycles. The number of nitrogens with one attached hydrogen (secondary N) is 5. The van der Waals surface area contributed by atoms with Gasteiger partial charge in [-0.25, -0.2) is 19.0 Å². The first kappa shape index (κ1) is 59.9. The van der Waals surface area contributed by atoms with Crippen molar-refractivity contribution in [3.8, 4) is 11.4 Å². The van der Waals surface area contributed by atoms with E-state index in [0.717, 1.165) is 4.90 Å². The Kier molecular flexibility index (Phi) is 18.1. The van der Waals surface area contributed by atoms with Crippen LogP contribution in [0.3, 0.4) is 0 Å². The predicted molar refractivity (Wildman–Crippen MR) is 297 cm³/mol. The molecule has 6 N–H and O–H groups in total. The van der Waals surface area contributed by atoms with Gasteiger partial charge in [-0.15, -0.1) is 5.10 Å². The average Bonchev–Trinajstić information content (AvgIpc) is 1.47. The van der Waals surface area contributed by atoms with Crippen molar-refractivity contribution in [2.24, 2.45) is 5.92 Å². The molecule has 9 rings (SSSR count). The summed E-state index contributed by atoms with van der Waals surface area (Å²) in [5.74, 6) is -4.12. The van der Waals surface area contributed by atoms with E-state index in [1.807, 2.05) is 0 Å². The standard InChI is InChI=1S/C58H66FN11O14/c1-7-58(80)40-25-44-52-38(28-70(44)55(77)39(40)29-83-56(58)78)50-42(13-12-37-31(4)41(59)26-43(64-52)49(37)50)65-57(79)84-45(34-8-10-35(11-9-34)63-53(75)32(5)61-54(76)51(30(2)3)62-33(6)71)24-36-27-68(67-66-36)18-17-60-46(72)16-20-81-22-23-82-21-19-69-47(73)14-15-48(69)74/h8-11,14-15,25-27,30,32,42,45,51,80H,7,12-13,16-24,28-29H2,1-6H3,(H,60,72)(H,61,76)(H,62,71)(H,63,75)(H,65,79)/t32-,42-,45?,51+,58?/m0/s1. The minimum atomic E-state index is -2.08. The molecule has 0 bridgehead atoms. The second kappa shape index (κ2) is 25.4. The van der Waals surface area contributed by atoms with Gasteiger partial charge in [0.25, 0.3) is 17.4 Å². The maximum absolute atomic E-state index is 15.7. The first-order valence-electron chi connectivity index (χ1n) is 27.8. The van der Waals surface area contributed by atoms with Crippen LogP contribution in [-0.2, 0) is 90.6 Å². The zero-order valence-corrected chi connectivity index (χ0v) is 47.3. The van der Waals surface area contributed by atoms with E-state index in [0.29, 0.717) is 68.8 Å². The summed E-state index contributed by atoms with van der Waals surface area (Å²) < 4.78 is 41.2. The minimum absolute atomic E-state index is 0.00667. The fourth-order valence-electron chi connectivity index (χ4n) is 10.8. The number of carbonyl (C=O) groups excluding carboxylic acids is 8. The number of halogens is 1. The predicted octanol–water partition coefficient (Wildman–Crippen LogP) is 2.88. The molecule has 2 unspecified atom stereocenters. The molecule has 5 atom stereocenters. The van der Waals surface area contributed by atoms with Crippen molar-refractivity contribution in [2.45, 2.75) is 123 Å². The number of hydrogen-bond acceptors (Lipinski definition) is 17. The molecule has 3 aromatic heterocycles. The lowest BCUT2D eigenvalue weighted by Crippen LogP contribution is -2.53. The van der Waals surface area contributed by atoms with Crippen LogP contribution in [0.5, 0.6) is 0 Å². The maximum Gasteiger partial charge on any atom is 0.408 e. The van der Waals surface area contributed by atoms with E-state index in [4.69, 9.17) is 23.9 Å². The number of anilines is 1. The maximum atomic E-state index is 15.7. The molecule has 5 aromatic rings. The Morgan fingerprint density at radius 1 is 0.917 bits per heavy atom. The number of pyridine rings is 2. The molecule has 0 radical (unpaired) electrons. The van der Waals surface area contributed by atoms with E-state index in [1.165, 1.54) is 41.3 Å². The zero-order chi connectivity index (χ0) is 60.1. The third-order valence-electron chi connectivity index (χ3n) is 15.4. The van der Waals surface area contributed by atoms with Crippen LogP contribution in [-0.4, -0.2) is 134 Å². The number of cyclic esters (lactones) is 1. The summed E-state index contributed by atoms with van der Waals surface area (Å²) >= 11 is 0. The molecule has 6 heterocycles. The van der Waals surface area contributed by atoms with Gasteiger partial charge in [0.15, 0.2) is 5.60 Å². The lowest BCUT2D eigenvalue weighted by atomic mass is 9.81. The molecule has 444 valence electrons. The van der Waals surface area contributed by atoms with Crippen LogP contribution in [0.1, 0.15) is 111 Å². The summed E-state index contributed by atoms with van der Waals surface area (Å²) in [6, 6.07) is 6.80. The number of carbonyl (C=O) groups is 8. The van der Waals surface area contributed by atoms with Crippen molar-refractivity contribution in [1.29, 1.82) is 0 Å². The Morgan fingerprint density at radius 2 is 1.64 bits per heavy atom. The summed E-state index contributed by atoms with van der Waals surface area (Å²) in [6.07, 6.45) is 2.87. The van der Waals surface area contributed by atoms with Crippen LogP contribution in [0.2, 0.25) is 0 Å². The molecule has 0 spiro atoms. The van der Waals surface area contributed by atoms with Gasteiger partial charge in [0.05, 0.1) is 80.3 Å². The first-order valence-corrected chi connectivity index (χ1v) is 27.8.